The molecule has 1 amide bonds. The smallest absolute Gasteiger partial charge is 0.271 e. The molecule has 0 atom stereocenters. The number of benzene rings is 2. The summed E-state index contributed by atoms with van der Waals surface area (Å²) in [7, 11) is 1.91. The van der Waals surface area contributed by atoms with Gasteiger partial charge in [0.15, 0.2) is 5.69 Å². The molecule has 1 aliphatic carbocycles. The van der Waals surface area contributed by atoms with Crippen LogP contribution < -0.4 is 0 Å². The summed E-state index contributed by atoms with van der Waals surface area (Å²) < 4.78 is 2.00. The van der Waals surface area contributed by atoms with Crippen molar-refractivity contribution in [3.05, 3.63) is 83.5 Å². The molecule has 3 aromatic rings. The van der Waals surface area contributed by atoms with E-state index >= 15 is 0 Å². The molecule has 1 aliphatic heterocycles. The van der Waals surface area contributed by atoms with E-state index in [0.29, 0.717) is 11.4 Å². The molecule has 1 aromatic heterocycles. The topological polar surface area (TPSA) is 29.6 Å². The number of aromatic nitrogens is 1. The highest BCUT2D eigenvalue weighted by Crippen LogP contribution is 2.54. The molecule has 0 radical (unpaired) electrons. The average molecular weight is 339 g/mol. The number of hydrogen-bond acceptors (Lipinski definition) is 1. The summed E-state index contributed by atoms with van der Waals surface area (Å²) in [5.74, 6) is 0.0697. The van der Waals surface area contributed by atoms with Crippen LogP contribution >= 0.6 is 0 Å². The maximum absolute atomic E-state index is 12.9. The van der Waals surface area contributed by atoms with Crippen LogP contribution in [0.1, 0.15) is 28.9 Å². The van der Waals surface area contributed by atoms with Crippen molar-refractivity contribution in [2.45, 2.75) is 18.4 Å². The Kier molecular flexibility index (Phi) is 2.93. The molecule has 2 heterocycles. The zero-order chi connectivity index (χ0) is 17.9. The third-order valence-corrected chi connectivity index (χ3v) is 5.71. The number of carbonyl (C=O) groups is 1. The number of fused-ring (bicyclic) bond motifs is 4. The van der Waals surface area contributed by atoms with Gasteiger partial charge in [-0.1, -0.05) is 30.3 Å². The van der Waals surface area contributed by atoms with E-state index in [0.717, 1.165) is 29.7 Å². The number of nitrogens with zero attached hydrogens (tertiary/aromatic N) is 3. The van der Waals surface area contributed by atoms with Crippen molar-refractivity contribution in [1.29, 1.82) is 0 Å². The predicted octanol–water partition coefficient (Wildman–Crippen LogP) is 4.77. The molecule has 0 bridgehead atoms. The summed E-state index contributed by atoms with van der Waals surface area (Å²) in [6, 6.07) is 17.9. The van der Waals surface area contributed by atoms with Crippen LogP contribution in [0.3, 0.4) is 0 Å². The minimum atomic E-state index is -0.178. The van der Waals surface area contributed by atoms with Crippen LogP contribution in [0.5, 0.6) is 0 Å². The first kappa shape index (κ1) is 15.0. The zero-order valence-electron chi connectivity index (χ0n) is 14.4. The molecule has 0 saturated heterocycles. The summed E-state index contributed by atoms with van der Waals surface area (Å²) in [6.07, 6.45) is 3.96. The van der Waals surface area contributed by atoms with Gasteiger partial charge in [0.2, 0.25) is 0 Å². The molecule has 1 spiro atoms. The maximum atomic E-state index is 12.9. The molecule has 126 valence electrons. The fraction of sp³-hybridized carbons (Fsp3) is 0.182. The summed E-state index contributed by atoms with van der Waals surface area (Å²) in [5, 5.41) is 0. The van der Waals surface area contributed by atoms with Crippen LogP contribution in [-0.2, 0) is 5.54 Å². The quantitative estimate of drug-likeness (QED) is 0.587. The lowest BCUT2D eigenvalue weighted by Gasteiger charge is -2.27. The third kappa shape index (κ3) is 1.91. The van der Waals surface area contributed by atoms with Gasteiger partial charge in [-0.2, -0.15) is 0 Å². The van der Waals surface area contributed by atoms with Crippen LogP contribution in [0.25, 0.3) is 21.7 Å². The third-order valence-electron chi connectivity index (χ3n) is 5.71. The van der Waals surface area contributed by atoms with Gasteiger partial charge in [-0.05, 0) is 48.2 Å². The lowest BCUT2D eigenvalue weighted by molar-refractivity contribution is 0.0705. The highest BCUT2D eigenvalue weighted by Gasteiger charge is 2.53. The number of amides is 1. The van der Waals surface area contributed by atoms with Crippen molar-refractivity contribution in [1.82, 2.24) is 9.47 Å². The van der Waals surface area contributed by atoms with Gasteiger partial charge in [0.05, 0.1) is 17.8 Å². The molecule has 0 N–H and O–H groups in total. The Balaban J connectivity index is 1.75. The molecule has 4 heteroatoms. The molecule has 4 nitrogen and oxygen atoms in total. The van der Waals surface area contributed by atoms with Gasteiger partial charge < -0.3 is 9.47 Å². The molecule has 1 saturated carbocycles. The summed E-state index contributed by atoms with van der Waals surface area (Å²) in [5.41, 5.74) is 5.49. The second-order valence-electron chi connectivity index (χ2n) is 7.05. The Hall–Kier alpha value is -3.32. The highest BCUT2D eigenvalue weighted by atomic mass is 16.2. The molecule has 2 aromatic carbocycles. The molecular formula is C22H17N3O. The Morgan fingerprint density at radius 1 is 1.04 bits per heavy atom. The Morgan fingerprint density at radius 2 is 1.85 bits per heavy atom. The second kappa shape index (κ2) is 5.09. The van der Waals surface area contributed by atoms with Gasteiger partial charge >= 0.3 is 0 Å². The SMILES string of the molecule is [C-]#[N+]c1cccc(-c2ccc3c(c2)-n2cccc2C(=O)N(C)C32CC2)c1. The largest absolute Gasteiger partial charge is 0.331 e. The molecule has 5 rings (SSSR count). The maximum Gasteiger partial charge on any atom is 0.271 e. The molecular weight excluding hydrogens is 322 g/mol. The Bertz CT molecular complexity index is 1100. The van der Waals surface area contributed by atoms with E-state index in [4.69, 9.17) is 6.57 Å². The van der Waals surface area contributed by atoms with E-state index in [1.54, 1.807) is 0 Å². The number of hydrogen-bond donors (Lipinski definition) is 0. The van der Waals surface area contributed by atoms with Crippen molar-refractivity contribution >= 4 is 11.6 Å². The summed E-state index contributed by atoms with van der Waals surface area (Å²) in [6.45, 7) is 7.24. The van der Waals surface area contributed by atoms with E-state index in [9.17, 15) is 4.79 Å². The number of carbonyl (C=O) groups excluding carboxylic acids is 1. The Morgan fingerprint density at radius 3 is 2.62 bits per heavy atom. The van der Waals surface area contributed by atoms with Gasteiger partial charge in [0, 0.05) is 18.8 Å². The summed E-state index contributed by atoms with van der Waals surface area (Å²) in [4.78, 5) is 18.4. The van der Waals surface area contributed by atoms with Crippen LogP contribution in [0, 0.1) is 6.57 Å². The van der Waals surface area contributed by atoms with Gasteiger partial charge in [-0.3, -0.25) is 4.79 Å². The van der Waals surface area contributed by atoms with Crippen molar-refractivity contribution in [2.75, 3.05) is 7.05 Å². The van der Waals surface area contributed by atoms with Crippen LogP contribution in [0.4, 0.5) is 5.69 Å². The first-order valence-electron chi connectivity index (χ1n) is 8.72. The minimum absolute atomic E-state index is 0.0697. The molecule has 1 fully saturated rings. The second-order valence-corrected chi connectivity index (χ2v) is 7.05. The van der Waals surface area contributed by atoms with Crippen molar-refractivity contribution in [2.24, 2.45) is 0 Å². The van der Waals surface area contributed by atoms with Gasteiger partial charge in [-0.25, -0.2) is 4.85 Å². The molecule has 2 aliphatic rings. The minimum Gasteiger partial charge on any atom is -0.331 e. The van der Waals surface area contributed by atoms with Crippen LogP contribution in [0.2, 0.25) is 0 Å². The van der Waals surface area contributed by atoms with Crippen molar-refractivity contribution < 1.29 is 4.79 Å². The lowest BCUT2D eigenvalue weighted by atomic mass is 9.96. The van der Waals surface area contributed by atoms with Gasteiger partial charge in [-0.15, -0.1) is 0 Å². The van der Waals surface area contributed by atoms with Gasteiger partial charge in [0.1, 0.15) is 5.69 Å². The number of rotatable bonds is 1. The van der Waals surface area contributed by atoms with E-state index in [-0.39, 0.29) is 11.4 Å². The fourth-order valence-electron chi connectivity index (χ4n) is 4.09. The van der Waals surface area contributed by atoms with Crippen molar-refractivity contribution in [3.8, 4) is 16.8 Å². The molecule has 26 heavy (non-hydrogen) atoms. The highest BCUT2D eigenvalue weighted by molar-refractivity contribution is 5.95. The van der Waals surface area contributed by atoms with Gasteiger partial charge in [0.25, 0.3) is 5.91 Å². The first-order chi connectivity index (χ1) is 12.6. The average Bonchev–Trinajstić information content (AvgIpc) is 3.36. The van der Waals surface area contributed by atoms with Crippen LogP contribution in [0.15, 0.2) is 60.8 Å². The first-order valence-corrected chi connectivity index (χ1v) is 8.72. The standard InChI is InChI=1S/C22H17N3O/c1-23-17-6-3-5-15(13-17)16-8-9-18-20(14-16)25-12-4-7-19(25)21(26)24(2)22(18)10-11-22/h3-9,12-14H,10-11H2,2H3. The van der Waals surface area contributed by atoms with Crippen LogP contribution in [-0.4, -0.2) is 22.4 Å². The Labute approximate surface area is 152 Å². The normalized spacial score (nSPS) is 16.6. The molecule has 0 unspecified atom stereocenters. The van der Waals surface area contributed by atoms with E-state index in [2.05, 4.69) is 23.0 Å². The zero-order valence-corrected chi connectivity index (χ0v) is 14.4. The van der Waals surface area contributed by atoms with E-state index in [1.807, 2.05) is 59.1 Å². The van der Waals surface area contributed by atoms with Crippen molar-refractivity contribution in [3.63, 3.8) is 0 Å². The summed E-state index contributed by atoms with van der Waals surface area (Å²) >= 11 is 0. The van der Waals surface area contributed by atoms with E-state index in [1.165, 1.54) is 5.56 Å². The monoisotopic (exact) mass is 339 g/mol. The van der Waals surface area contributed by atoms with E-state index < -0.39 is 0 Å². The lowest BCUT2D eigenvalue weighted by Crippen LogP contribution is -2.36. The predicted molar refractivity (Wildman–Crippen MR) is 100 cm³/mol. The fourth-order valence-corrected chi connectivity index (χ4v) is 4.09.